The van der Waals surface area contributed by atoms with Crippen LogP contribution in [0.5, 0.6) is 0 Å². The summed E-state index contributed by atoms with van der Waals surface area (Å²) in [7, 11) is 0. The topological polar surface area (TPSA) is 36.4 Å². The predicted octanol–water partition coefficient (Wildman–Crippen LogP) is 2.94. The van der Waals surface area contributed by atoms with Gasteiger partial charge in [0.1, 0.15) is 0 Å². The molecular formula is C18H29N3O. The summed E-state index contributed by atoms with van der Waals surface area (Å²) in [6.07, 6.45) is 8.07. The molecule has 0 bridgehead atoms. The lowest BCUT2D eigenvalue weighted by Gasteiger charge is -2.36. The molecule has 0 spiro atoms. The van der Waals surface area contributed by atoms with E-state index in [-0.39, 0.29) is 5.92 Å². The van der Waals surface area contributed by atoms with Gasteiger partial charge in [0.2, 0.25) is 5.91 Å². The summed E-state index contributed by atoms with van der Waals surface area (Å²) in [5.41, 5.74) is 1.25. The van der Waals surface area contributed by atoms with Crippen molar-refractivity contribution in [2.75, 3.05) is 26.2 Å². The number of unbranched alkanes of at least 4 members (excludes halogenated alkanes) is 1. The van der Waals surface area contributed by atoms with Crippen LogP contribution in [0.3, 0.4) is 0 Å². The van der Waals surface area contributed by atoms with Gasteiger partial charge in [-0.1, -0.05) is 32.8 Å². The van der Waals surface area contributed by atoms with Crippen LogP contribution in [0.25, 0.3) is 0 Å². The van der Waals surface area contributed by atoms with E-state index in [4.69, 9.17) is 0 Å². The average Bonchev–Trinajstić information content (AvgIpc) is 2.57. The van der Waals surface area contributed by atoms with Crippen LogP contribution in [0.15, 0.2) is 24.5 Å². The van der Waals surface area contributed by atoms with Gasteiger partial charge < -0.3 is 4.90 Å². The monoisotopic (exact) mass is 303 g/mol. The molecule has 1 aliphatic heterocycles. The third kappa shape index (κ3) is 4.80. The van der Waals surface area contributed by atoms with E-state index in [0.29, 0.717) is 5.91 Å². The summed E-state index contributed by atoms with van der Waals surface area (Å²) in [6.45, 7) is 8.91. The largest absolute Gasteiger partial charge is 0.340 e. The molecule has 4 heteroatoms. The summed E-state index contributed by atoms with van der Waals surface area (Å²) in [6, 6.07) is 4.09. The Morgan fingerprint density at radius 3 is 2.64 bits per heavy atom. The minimum atomic E-state index is 0.227. The number of carbonyl (C=O) groups is 1. The zero-order valence-electron chi connectivity index (χ0n) is 14.0. The molecule has 1 fully saturated rings. The molecule has 1 aliphatic rings. The first-order valence-corrected chi connectivity index (χ1v) is 8.64. The number of hydrogen-bond donors (Lipinski definition) is 0. The van der Waals surface area contributed by atoms with Crippen molar-refractivity contribution in [1.29, 1.82) is 0 Å². The van der Waals surface area contributed by atoms with E-state index in [1.165, 1.54) is 12.0 Å². The van der Waals surface area contributed by atoms with Gasteiger partial charge in [-0.15, -0.1) is 0 Å². The summed E-state index contributed by atoms with van der Waals surface area (Å²) in [5.74, 6) is 0.599. The van der Waals surface area contributed by atoms with Gasteiger partial charge in [0.25, 0.3) is 0 Å². The second-order valence-corrected chi connectivity index (χ2v) is 6.21. The molecule has 4 nitrogen and oxygen atoms in total. The van der Waals surface area contributed by atoms with Crippen molar-refractivity contribution in [3.05, 3.63) is 30.1 Å². The Hall–Kier alpha value is -1.42. The highest BCUT2D eigenvalue weighted by Crippen LogP contribution is 2.17. The van der Waals surface area contributed by atoms with Gasteiger partial charge in [-0.2, -0.15) is 0 Å². The van der Waals surface area contributed by atoms with Gasteiger partial charge >= 0.3 is 0 Å². The molecule has 0 saturated carbocycles. The smallest absolute Gasteiger partial charge is 0.225 e. The van der Waals surface area contributed by atoms with Crippen LogP contribution in [0.2, 0.25) is 0 Å². The highest BCUT2D eigenvalue weighted by Gasteiger charge is 2.25. The number of rotatable bonds is 7. The van der Waals surface area contributed by atoms with Crippen LogP contribution in [0.1, 0.15) is 45.1 Å². The Kier molecular flexibility index (Phi) is 6.84. The highest BCUT2D eigenvalue weighted by molar-refractivity contribution is 5.78. The fourth-order valence-electron chi connectivity index (χ4n) is 3.09. The first-order valence-electron chi connectivity index (χ1n) is 8.64. The third-order valence-electron chi connectivity index (χ3n) is 4.56. The van der Waals surface area contributed by atoms with E-state index in [0.717, 1.165) is 52.0 Å². The lowest BCUT2D eigenvalue weighted by molar-refractivity contribution is -0.137. The number of hydrogen-bond acceptors (Lipinski definition) is 3. The Balaban J connectivity index is 1.79. The molecule has 0 aliphatic carbocycles. The first kappa shape index (κ1) is 16.9. The van der Waals surface area contributed by atoms with E-state index in [1.54, 1.807) is 6.20 Å². The predicted molar refractivity (Wildman–Crippen MR) is 89.4 cm³/mol. The normalized spacial score (nSPS) is 17.5. The van der Waals surface area contributed by atoms with E-state index in [9.17, 15) is 4.79 Å². The summed E-state index contributed by atoms with van der Waals surface area (Å²) < 4.78 is 0. The van der Waals surface area contributed by atoms with Crippen molar-refractivity contribution < 1.29 is 4.79 Å². The third-order valence-corrected chi connectivity index (χ3v) is 4.56. The maximum Gasteiger partial charge on any atom is 0.225 e. The Morgan fingerprint density at radius 1 is 1.27 bits per heavy atom. The Labute approximate surface area is 134 Å². The van der Waals surface area contributed by atoms with Gasteiger partial charge in [0, 0.05) is 51.0 Å². The van der Waals surface area contributed by atoms with Crippen LogP contribution in [0, 0.1) is 5.92 Å². The average molecular weight is 303 g/mol. The molecule has 0 N–H and O–H groups in total. The summed E-state index contributed by atoms with van der Waals surface area (Å²) >= 11 is 0. The second-order valence-electron chi connectivity index (χ2n) is 6.21. The highest BCUT2D eigenvalue weighted by atomic mass is 16.2. The van der Waals surface area contributed by atoms with Crippen molar-refractivity contribution in [2.24, 2.45) is 5.92 Å². The maximum atomic E-state index is 12.6. The first-order chi connectivity index (χ1) is 10.7. The lowest BCUT2D eigenvalue weighted by Crippen LogP contribution is -2.49. The molecule has 1 atom stereocenters. The zero-order chi connectivity index (χ0) is 15.8. The molecule has 1 aromatic rings. The number of aromatic nitrogens is 1. The molecule has 1 saturated heterocycles. The van der Waals surface area contributed by atoms with Crippen molar-refractivity contribution in [1.82, 2.24) is 14.8 Å². The van der Waals surface area contributed by atoms with Gasteiger partial charge in [-0.25, -0.2) is 0 Å². The fourth-order valence-corrected chi connectivity index (χ4v) is 3.09. The molecule has 2 rings (SSSR count). The van der Waals surface area contributed by atoms with Crippen LogP contribution < -0.4 is 0 Å². The molecule has 2 heterocycles. The molecule has 1 aromatic heterocycles. The number of nitrogens with zero attached hydrogens (tertiary/aromatic N) is 3. The number of piperazine rings is 1. The van der Waals surface area contributed by atoms with Crippen LogP contribution in [0.4, 0.5) is 0 Å². The van der Waals surface area contributed by atoms with Gasteiger partial charge in [-0.05, 0) is 24.5 Å². The molecule has 22 heavy (non-hydrogen) atoms. The van der Waals surface area contributed by atoms with Crippen molar-refractivity contribution in [3.63, 3.8) is 0 Å². The van der Waals surface area contributed by atoms with Crippen molar-refractivity contribution in [2.45, 2.75) is 46.1 Å². The number of pyridine rings is 1. The Morgan fingerprint density at radius 2 is 2.05 bits per heavy atom. The molecule has 0 radical (unpaired) electrons. The quantitative estimate of drug-likeness (QED) is 0.777. The molecule has 0 aromatic carbocycles. The number of amides is 1. The zero-order valence-corrected chi connectivity index (χ0v) is 14.0. The fraction of sp³-hybridized carbons (Fsp3) is 0.667. The van der Waals surface area contributed by atoms with E-state index in [2.05, 4.69) is 34.7 Å². The maximum absolute atomic E-state index is 12.6. The second kappa shape index (κ2) is 8.89. The van der Waals surface area contributed by atoms with Crippen LogP contribution in [-0.2, 0) is 11.3 Å². The molecule has 1 amide bonds. The summed E-state index contributed by atoms with van der Waals surface area (Å²) in [4.78, 5) is 21.2. The van der Waals surface area contributed by atoms with E-state index >= 15 is 0 Å². The molecular weight excluding hydrogens is 274 g/mol. The van der Waals surface area contributed by atoms with Gasteiger partial charge in [-0.3, -0.25) is 14.7 Å². The van der Waals surface area contributed by atoms with Crippen LogP contribution >= 0.6 is 0 Å². The van der Waals surface area contributed by atoms with E-state index < -0.39 is 0 Å². The SMILES string of the molecule is CCCCC(CC)C(=O)N1CCN(Cc2cccnc2)CC1. The number of carbonyl (C=O) groups excluding carboxylic acids is 1. The van der Waals surface area contributed by atoms with E-state index in [1.807, 2.05) is 12.3 Å². The summed E-state index contributed by atoms with van der Waals surface area (Å²) in [5, 5.41) is 0. The lowest BCUT2D eigenvalue weighted by atomic mass is 9.97. The van der Waals surface area contributed by atoms with Gasteiger partial charge in [0.05, 0.1) is 0 Å². The standard InChI is InChI=1S/C18H29N3O/c1-3-5-8-17(4-2)18(22)21-12-10-20(11-13-21)15-16-7-6-9-19-14-16/h6-7,9,14,17H,3-5,8,10-13,15H2,1-2H3. The van der Waals surface area contributed by atoms with Gasteiger partial charge in [0.15, 0.2) is 0 Å². The molecule has 122 valence electrons. The Bertz CT molecular complexity index is 441. The minimum absolute atomic E-state index is 0.227. The van der Waals surface area contributed by atoms with Crippen molar-refractivity contribution >= 4 is 5.91 Å². The van der Waals surface area contributed by atoms with Crippen LogP contribution in [-0.4, -0.2) is 46.9 Å². The molecule has 1 unspecified atom stereocenters. The minimum Gasteiger partial charge on any atom is -0.340 e. The van der Waals surface area contributed by atoms with Crippen molar-refractivity contribution in [3.8, 4) is 0 Å².